The molecule has 2 heterocycles. The molecule has 1 aromatic rings. The fourth-order valence-electron chi connectivity index (χ4n) is 5.55. The standard InChI is InChI=1S/C25H39N5O4S/c1-25(11-6-5-7-12-25)34-24(33)28-17-9-8-16(23(32)29(2)3)14-19(17)26-21(31)22-27-18-10-13-30(4)15-20(18)35-22/h16-17,19H,5-15H2,1-4H3,(H,26,31)(H,28,33)/t16-,17?,19?/m0/s1. The Morgan fingerprint density at radius 1 is 1.11 bits per heavy atom. The third-order valence-electron chi connectivity index (χ3n) is 7.63. The Labute approximate surface area is 212 Å². The van der Waals surface area contributed by atoms with E-state index in [4.69, 9.17) is 4.74 Å². The Balaban J connectivity index is 1.45. The van der Waals surface area contributed by atoms with Crippen molar-refractivity contribution < 1.29 is 19.1 Å². The number of carbonyl (C=O) groups is 3. The van der Waals surface area contributed by atoms with Gasteiger partial charge in [0.1, 0.15) is 5.60 Å². The molecular formula is C25H39N5O4S. The first kappa shape index (κ1) is 25.9. The molecule has 3 amide bonds. The fourth-order valence-corrected chi connectivity index (χ4v) is 6.64. The van der Waals surface area contributed by atoms with Gasteiger partial charge in [-0.2, -0.15) is 0 Å². The Morgan fingerprint density at radius 2 is 1.86 bits per heavy atom. The summed E-state index contributed by atoms with van der Waals surface area (Å²) < 4.78 is 5.84. The van der Waals surface area contributed by atoms with E-state index in [2.05, 4.69) is 27.6 Å². The molecule has 2 aliphatic carbocycles. The summed E-state index contributed by atoms with van der Waals surface area (Å²) in [5.74, 6) is -0.388. The van der Waals surface area contributed by atoms with Crippen molar-refractivity contribution in [2.75, 3.05) is 27.7 Å². The van der Waals surface area contributed by atoms with Crippen LogP contribution in [0, 0.1) is 5.92 Å². The van der Waals surface area contributed by atoms with Gasteiger partial charge in [-0.25, -0.2) is 9.78 Å². The van der Waals surface area contributed by atoms with Crippen LogP contribution in [0.25, 0.3) is 0 Å². The quantitative estimate of drug-likeness (QED) is 0.638. The Hall–Kier alpha value is -2.20. The maximum atomic E-state index is 13.2. The van der Waals surface area contributed by atoms with Crippen LogP contribution >= 0.6 is 11.3 Å². The molecule has 2 N–H and O–H groups in total. The highest BCUT2D eigenvalue weighted by Gasteiger charge is 2.38. The molecule has 1 aromatic heterocycles. The summed E-state index contributed by atoms with van der Waals surface area (Å²) in [5.41, 5.74) is 0.563. The van der Waals surface area contributed by atoms with Crippen LogP contribution in [0.2, 0.25) is 0 Å². The van der Waals surface area contributed by atoms with Gasteiger partial charge in [0.05, 0.1) is 17.8 Å². The second kappa shape index (κ2) is 10.8. The van der Waals surface area contributed by atoms with Gasteiger partial charge in [-0.1, -0.05) is 6.42 Å². The number of ether oxygens (including phenoxy) is 1. The number of thiazole rings is 1. The highest BCUT2D eigenvalue weighted by Crippen LogP contribution is 2.32. The van der Waals surface area contributed by atoms with Crippen molar-refractivity contribution in [1.29, 1.82) is 0 Å². The van der Waals surface area contributed by atoms with Gasteiger partial charge in [-0.3, -0.25) is 9.59 Å². The highest BCUT2D eigenvalue weighted by molar-refractivity contribution is 7.13. The maximum absolute atomic E-state index is 13.2. The van der Waals surface area contributed by atoms with E-state index in [0.717, 1.165) is 55.8 Å². The summed E-state index contributed by atoms with van der Waals surface area (Å²) in [4.78, 5) is 48.3. The molecule has 1 aliphatic heterocycles. The van der Waals surface area contributed by atoms with Crippen molar-refractivity contribution in [2.24, 2.45) is 5.92 Å². The van der Waals surface area contributed by atoms with Crippen molar-refractivity contribution in [1.82, 2.24) is 25.4 Å². The van der Waals surface area contributed by atoms with Gasteiger partial charge in [0.25, 0.3) is 5.91 Å². The van der Waals surface area contributed by atoms with Crippen molar-refractivity contribution >= 4 is 29.2 Å². The van der Waals surface area contributed by atoms with Gasteiger partial charge >= 0.3 is 6.09 Å². The van der Waals surface area contributed by atoms with E-state index in [0.29, 0.717) is 24.3 Å². The normalized spacial score (nSPS) is 26.3. The Bertz CT molecular complexity index is 942. The molecule has 0 radical (unpaired) electrons. The van der Waals surface area contributed by atoms with Gasteiger partial charge in [0.15, 0.2) is 5.01 Å². The molecule has 2 saturated carbocycles. The zero-order valence-electron chi connectivity index (χ0n) is 21.4. The lowest BCUT2D eigenvalue weighted by Gasteiger charge is -2.38. The van der Waals surface area contributed by atoms with Gasteiger partial charge in [0.2, 0.25) is 5.91 Å². The van der Waals surface area contributed by atoms with E-state index >= 15 is 0 Å². The molecule has 3 atom stereocenters. The Kier molecular flexibility index (Phi) is 8.00. The van der Waals surface area contributed by atoms with Crippen LogP contribution in [-0.4, -0.2) is 78.1 Å². The second-order valence-corrected chi connectivity index (χ2v) is 11.9. The predicted octanol–water partition coefficient (Wildman–Crippen LogP) is 2.94. The maximum Gasteiger partial charge on any atom is 0.407 e. The molecule has 194 valence electrons. The average molecular weight is 506 g/mol. The first-order valence-corrected chi connectivity index (χ1v) is 13.6. The summed E-state index contributed by atoms with van der Waals surface area (Å²) in [7, 11) is 5.56. The molecule has 0 spiro atoms. The number of nitrogens with one attached hydrogen (secondary N) is 2. The Morgan fingerprint density at radius 3 is 2.57 bits per heavy atom. The molecule has 2 fully saturated rings. The molecule has 0 aromatic carbocycles. The third kappa shape index (κ3) is 6.33. The van der Waals surface area contributed by atoms with Crippen molar-refractivity contribution in [3.05, 3.63) is 15.6 Å². The lowest BCUT2D eigenvalue weighted by atomic mass is 9.81. The topological polar surface area (TPSA) is 104 Å². The number of likely N-dealkylation sites (N-methyl/N-ethyl adjacent to an activating group) is 1. The van der Waals surface area contributed by atoms with Crippen LogP contribution < -0.4 is 10.6 Å². The minimum atomic E-state index is -0.441. The van der Waals surface area contributed by atoms with Crippen LogP contribution in [0.5, 0.6) is 0 Å². The number of hydrogen-bond acceptors (Lipinski definition) is 7. The lowest BCUT2D eigenvalue weighted by Crippen LogP contribution is -2.56. The summed E-state index contributed by atoms with van der Waals surface area (Å²) in [6, 6.07) is -0.675. The highest BCUT2D eigenvalue weighted by atomic mass is 32.1. The largest absolute Gasteiger partial charge is 0.443 e. The van der Waals surface area contributed by atoms with Gasteiger partial charge in [-0.15, -0.1) is 11.3 Å². The van der Waals surface area contributed by atoms with E-state index < -0.39 is 11.7 Å². The zero-order chi connectivity index (χ0) is 25.2. The van der Waals surface area contributed by atoms with Crippen LogP contribution in [0.1, 0.15) is 78.7 Å². The summed E-state index contributed by atoms with van der Waals surface area (Å²) in [5, 5.41) is 6.57. The number of rotatable bonds is 5. The first-order chi connectivity index (χ1) is 16.6. The van der Waals surface area contributed by atoms with E-state index in [9.17, 15) is 14.4 Å². The van der Waals surface area contributed by atoms with E-state index in [1.54, 1.807) is 19.0 Å². The number of nitrogens with zero attached hydrogens (tertiary/aromatic N) is 3. The molecule has 2 unspecified atom stereocenters. The van der Waals surface area contributed by atoms with Crippen molar-refractivity contribution in [2.45, 2.75) is 88.9 Å². The first-order valence-electron chi connectivity index (χ1n) is 12.8. The minimum Gasteiger partial charge on any atom is -0.443 e. The molecular weight excluding hydrogens is 466 g/mol. The minimum absolute atomic E-state index is 0.0488. The predicted molar refractivity (Wildman–Crippen MR) is 134 cm³/mol. The molecule has 0 bridgehead atoms. The molecule has 35 heavy (non-hydrogen) atoms. The number of carbonyl (C=O) groups excluding carboxylic acids is 3. The molecule has 10 heteroatoms. The van der Waals surface area contributed by atoms with Crippen LogP contribution in [0.4, 0.5) is 4.79 Å². The van der Waals surface area contributed by atoms with E-state index in [1.165, 1.54) is 17.8 Å². The van der Waals surface area contributed by atoms with Gasteiger partial charge in [0, 0.05) is 44.4 Å². The lowest BCUT2D eigenvalue weighted by molar-refractivity contribution is -0.134. The van der Waals surface area contributed by atoms with Crippen LogP contribution in [0.15, 0.2) is 0 Å². The number of aromatic nitrogens is 1. The molecule has 3 aliphatic rings. The van der Waals surface area contributed by atoms with Gasteiger partial charge < -0.3 is 25.2 Å². The van der Waals surface area contributed by atoms with Crippen LogP contribution in [0.3, 0.4) is 0 Å². The summed E-state index contributed by atoms with van der Waals surface area (Å²) in [6.45, 7) is 3.74. The van der Waals surface area contributed by atoms with Crippen molar-refractivity contribution in [3.63, 3.8) is 0 Å². The summed E-state index contributed by atoms with van der Waals surface area (Å²) in [6.07, 6.45) is 7.17. The smallest absolute Gasteiger partial charge is 0.407 e. The fraction of sp³-hybridized carbons (Fsp3) is 0.760. The second-order valence-electron chi connectivity index (χ2n) is 10.9. The third-order valence-corrected chi connectivity index (χ3v) is 8.71. The molecule has 9 nitrogen and oxygen atoms in total. The number of fused-ring (bicyclic) bond motifs is 1. The zero-order valence-corrected chi connectivity index (χ0v) is 22.2. The SMILES string of the molecule is CN1CCc2nc(C(=O)NC3C[C@@H](C(=O)N(C)C)CCC3NC(=O)OC3(C)CCCCC3)sc2C1. The molecule has 4 rings (SSSR count). The number of hydrogen-bond donors (Lipinski definition) is 2. The monoisotopic (exact) mass is 505 g/mol. The van der Waals surface area contributed by atoms with Crippen molar-refractivity contribution in [3.8, 4) is 0 Å². The summed E-state index contributed by atoms with van der Waals surface area (Å²) >= 11 is 1.43. The van der Waals surface area contributed by atoms with Gasteiger partial charge in [-0.05, 0) is 58.9 Å². The number of alkyl carbamates (subject to hydrolysis) is 1. The van der Waals surface area contributed by atoms with Crippen LogP contribution in [-0.2, 0) is 22.5 Å². The number of amides is 3. The van der Waals surface area contributed by atoms with E-state index in [1.807, 2.05) is 6.92 Å². The molecule has 0 saturated heterocycles. The average Bonchev–Trinajstić information content (AvgIpc) is 3.23. The van der Waals surface area contributed by atoms with E-state index in [-0.39, 0.29) is 29.8 Å².